The Labute approximate surface area is 108 Å². The van der Waals surface area contributed by atoms with Crippen molar-refractivity contribution in [3.8, 4) is 0 Å². The van der Waals surface area contributed by atoms with Crippen LogP contribution in [-0.4, -0.2) is 5.78 Å². The molecule has 0 saturated heterocycles. The van der Waals surface area contributed by atoms with Crippen molar-refractivity contribution in [2.45, 2.75) is 53.4 Å². The fraction of sp³-hybridized carbons (Fsp3) is 0.786. The number of hydrogen-bond acceptors (Lipinski definition) is 1. The van der Waals surface area contributed by atoms with E-state index in [-0.39, 0.29) is 11.3 Å². The first-order chi connectivity index (χ1) is 7.47. The van der Waals surface area contributed by atoms with Crippen LogP contribution in [0.25, 0.3) is 0 Å². The van der Waals surface area contributed by atoms with Gasteiger partial charge < -0.3 is 0 Å². The molecule has 2 heteroatoms. The predicted molar refractivity (Wildman–Crippen MR) is 72.6 cm³/mol. The van der Waals surface area contributed by atoms with E-state index in [9.17, 15) is 4.79 Å². The zero-order valence-corrected chi connectivity index (χ0v) is 12.4. The summed E-state index contributed by atoms with van der Waals surface area (Å²) >= 11 is 3.44. The number of allylic oxidation sites excluding steroid dienone is 1. The molecule has 1 rings (SSSR count). The Morgan fingerprint density at radius 2 is 1.94 bits per heavy atom. The smallest absolute Gasteiger partial charge is 0.133 e. The molecule has 0 radical (unpaired) electrons. The van der Waals surface area contributed by atoms with E-state index in [2.05, 4.69) is 36.7 Å². The first kappa shape index (κ1) is 14.0. The molecule has 92 valence electrons. The summed E-state index contributed by atoms with van der Waals surface area (Å²) in [6.07, 6.45) is 4.54. The summed E-state index contributed by atoms with van der Waals surface area (Å²) in [7, 11) is 0. The monoisotopic (exact) mass is 286 g/mol. The Balaban J connectivity index is 3.01. The second-order valence-electron chi connectivity index (χ2n) is 5.40. The largest absolute Gasteiger partial charge is 0.300 e. The molecule has 0 bridgehead atoms. The number of Topliss-reactive ketones (excluding diaryl/α,β-unsaturated/α-hetero) is 1. The van der Waals surface area contributed by atoms with E-state index in [0.717, 1.165) is 25.7 Å². The molecule has 1 fully saturated rings. The molecule has 0 aromatic heterocycles. The number of ketones is 1. The lowest BCUT2D eigenvalue weighted by atomic mass is 9.67. The summed E-state index contributed by atoms with van der Waals surface area (Å²) in [5.74, 6) is 1.21. The van der Waals surface area contributed by atoms with E-state index >= 15 is 0 Å². The number of hydrogen-bond donors (Lipinski definition) is 0. The van der Waals surface area contributed by atoms with Crippen molar-refractivity contribution < 1.29 is 4.79 Å². The molecule has 1 aliphatic carbocycles. The second kappa shape index (κ2) is 5.48. The maximum atomic E-state index is 11.8. The van der Waals surface area contributed by atoms with Crippen molar-refractivity contribution >= 4 is 21.7 Å². The van der Waals surface area contributed by atoms with Gasteiger partial charge in [-0.1, -0.05) is 41.8 Å². The molecule has 1 aliphatic rings. The van der Waals surface area contributed by atoms with Crippen LogP contribution >= 0.6 is 15.9 Å². The van der Waals surface area contributed by atoms with Crippen molar-refractivity contribution in [2.24, 2.45) is 17.3 Å². The highest BCUT2D eigenvalue weighted by molar-refractivity contribution is 9.11. The fourth-order valence-corrected chi connectivity index (χ4v) is 3.93. The Kier molecular flexibility index (Phi) is 4.78. The third-order valence-corrected chi connectivity index (χ3v) is 5.06. The molecular formula is C14H23BrO. The summed E-state index contributed by atoms with van der Waals surface area (Å²) in [6.45, 7) is 8.45. The first-order valence-corrected chi connectivity index (χ1v) is 7.16. The van der Waals surface area contributed by atoms with Crippen LogP contribution in [0.3, 0.4) is 0 Å². The van der Waals surface area contributed by atoms with Crippen LogP contribution in [-0.2, 0) is 4.79 Å². The molecule has 1 saturated carbocycles. The van der Waals surface area contributed by atoms with Crippen LogP contribution < -0.4 is 0 Å². The first-order valence-electron chi connectivity index (χ1n) is 6.24. The van der Waals surface area contributed by atoms with E-state index in [4.69, 9.17) is 0 Å². The number of rotatable bonds is 4. The van der Waals surface area contributed by atoms with Crippen molar-refractivity contribution in [3.63, 3.8) is 0 Å². The molecule has 0 aromatic carbocycles. The molecule has 3 unspecified atom stereocenters. The quantitative estimate of drug-likeness (QED) is 0.732. The highest BCUT2D eigenvalue weighted by Crippen LogP contribution is 2.53. The van der Waals surface area contributed by atoms with E-state index in [1.807, 2.05) is 4.99 Å². The van der Waals surface area contributed by atoms with E-state index in [1.165, 1.54) is 5.57 Å². The molecule has 0 aromatic rings. The molecule has 0 heterocycles. The van der Waals surface area contributed by atoms with Crippen LogP contribution in [0.2, 0.25) is 0 Å². The average molecular weight is 287 g/mol. The van der Waals surface area contributed by atoms with Gasteiger partial charge in [-0.25, -0.2) is 0 Å². The standard InChI is InChI=1S/C14H23BrO/c1-5-8-14(4)12(10(2)9-15)6-7-13(14)11(3)16/h9,12-13H,5-8H2,1-4H3/b10-9+. The van der Waals surface area contributed by atoms with Crippen LogP contribution in [0.4, 0.5) is 0 Å². The Morgan fingerprint density at radius 3 is 2.38 bits per heavy atom. The Hall–Kier alpha value is -0.110. The zero-order chi connectivity index (χ0) is 12.3. The van der Waals surface area contributed by atoms with Crippen molar-refractivity contribution in [1.82, 2.24) is 0 Å². The molecule has 3 atom stereocenters. The summed E-state index contributed by atoms with van der Waals surface area (Å²) < 4.78 is 0. The summed E-state index contributed by atoms with van der Waals surface area (Å²) in [4.78, 5) is 13.8. The number of halogens is 1. The number of carbonyl (C=O) groups is 1. The molecule has 0 N–H and O–H groups in total. The van der Waals surface area contributed by atoms with E-state index in [0.29, 0.717) is 11.7 Å². The van der Waals surface area contributed by atoms with Gasteiger partial charge in [0, 0.05) is 5.92 Å². The molecule has 0 spiro atoms. The minimum absolute atomic E-state index is 0.176. The minimum atomic E-state index is 0.176. The van der Waals surface area contributed by atoms with Gasteiger partial charge in [0.2, 0.25) is 0 Å². The van der Waals surface area contributed by atoms with Crippen LogP contribution in [0.5, 0.6) is 0 Å². The lowest BCUT2D eigenvalue weighted by Crippen LogP contribution is -2.33. The Morgan fingerprint density at radius 1 is 1.38 bits per heavy atom. The fourth-order valence-electron chi connectivity index (χ4n) is 3.61. The third-order valence-electron chi connectivity index (χ3n) is 4.34. The van der Waals surface area contributed by atoms with E-state index in [1.54, 1.807) is 6.92 Å². The van der Waals surface area contributed by atoms with Gasteiger partial charge in [-0.15, -0.1) is 0 Å². The normalized spacial score (nSPS) is 35.4. The minimum Gasteiger partial charge on any atom is -0.300 e. The number of carbonyl (C=O) groups excluding carboxylic acids is 1. The van der Waals surface area contributed by atoms with Gasteiger partial charge in [-0.2, -0.15) is 0 Å². The van der Waals surface area contributed by atoms with Gasteiger partial charge in [0.25, 0.3) is 0 Å². The Bertz CT molecular complexity index is 295. The molecule has 0 aliphatic heterocycles. The van der Waals surface area contributed by atoms with Gasteiger partial charge in [-0.05, 0) is 49.4 Å². The maximum absolute atomic E-state index is 11.8. The second-order valence-corrected chi connectivity index (χ2v) is 5.86. The average Bonchev–Trinajstić information content (AvgIpc) is 2.55. The maximum Gasteiger partial charge on any atom is 0.133 e. The zero-order valence-electron chi connectivity index (χ0n) is 10.8. The van der Waals surface area contributed by atoms with E-state index < -0.39 is 0 Å². The van der Waals surface area contributed by atoms with Gasteiger partial charge >= 0.3 is 0 Å². The third kappa shape index (κ3) is 2.42. The SMILES string of the molecule is CCCC1(C)C(C(C)=O)CCC1/C(C)=C/Br. The summed E-state index contributed by atoms with van der Waals surface area (Å²) in [5, 5.41) is 0. The highest BCUT2D eigenvalue weighted by Gasteiger charge is 2.48. The summed E-state index contributed by atoms with van der Waals surface area (Å²) in [6, 6.07) is 0. The van der Waals surface area contributed by atoms with Gasteiger partial charge in [0.05, 0.1) is 0 Å². The van der Waals surface area contributed by atoms with Crippen molar-refractivity contribution in [2.75, 3.05) is 0 Å². The lowest BCUT2D eigenvalue weighted by Gasteiger charge is -2.36. The van der Waals surface area contributed by atoms with Crippen molar-refractivity contribution in [3.05, 3.63) is 10.6 Å². The van der Waals surface area contributed by atoms with Crippen LogP contribution in [0.15, 0.2) is 10.6 Å². The molecule has 16 heavy (non-hydrogen) atoms. The molecule has 0 amide bonds. The van der Waals surface area contributed by atoms with Crippen LogP contribution in [0.1, 0.15) is 53.4 Å². The van der Waals surface area contributed by atoms with Crippen LogP contribution in [0, 0.1) is 17.3 Å². The van der Waals surface area contributed by atoms with Gasteiger partial charge in [-0.3, -0.25) is 4.79 Å². The van der Waals surface area contributed by atoms with Gasteiger partial charge in [0.1, 0.15) is 5.78 Å². The summed E-state index contributed by atoms with van der Waals surface area (Å²) in [5.41, 5.74) is 1.56. The molecular weight excluding hydrogens is 264 g/mol. The van der Waals surface area contributed by atoms with Gasteiger partial charge in [0.15, 0.2) is 0 Å². The molecule has 1 nitrogen and oxygen atoms in total. The topological polar surface area (TPSA) is 17.1 Å². The predicted octanol–water partition coefficient (Wildman–Crippen LogP) is 4.71. The lowest BCUT2D eigenvalue weighted by molar-refractivity contribution is -0.124. The van der Waals surface area contributed by atoms with Crippen molar-refractivity contribution in [1.29, 1.82) is 0 Å². The highest BCUT2D eigenvalue weighted by atomic mass is 79.9.